The maximum atomic E-state index is 6.16. The number of hydrogen-bond acceptors (Lipinski definition) is 4. The lowest BCUT2D eigenvalue weighted by atomic mass is 9.95. The van der Waals surface area contributed by atoms with Crippen molar-refractivity contribution in [3.8, 4) is 0 Å². The molecule has 0 spiro atoms. The van der Waals surface area contributed by atoms with Crippen LogP contribution < -0.4 is 0 Å². The van der Waals surface area contributed by atoms with E-state index in [1.807, 2.05) is 18.5 Å². The van der Waals surface area contributed by atoms with Gasteiger partial charge in [-0.2, -0.15) is 0 Å². The van der Waals surface area contributed by atoms with Gasteiger partial charge in [-0.1, -0.05) is 6.07 Å². The van der Waals surface area contributed by atoms with Gasteiger partial charge >= 0.3 is 0 Å². The summed E-state index contributed by atoms with van der Waals surface area (Å²) >= 11 is 0. The molecule has 2 saturated heterocycles. The van der Waals surface area contributed by atoms with Crippen LogP contribution in [0.3, 0.4) is 0 Å². The summed E-state index contributed by atoms with van der Waals surface area (Å²) in [5, 5.41) is 0. The standard InChI is InChI=1S/C17H24N2O2/c1-2-14(10-18-7-1)11-19-8-5-16(21-12-13-3-4-13)17-15(19)6-9-20-17/h1-2,7,10,13,15-17H,3-6,8-9,11-12H2/t15-,16+,17-/m0/s1. The number of aromatic nitrogens is 1. The lowest BCUT2D eigenvalue weighted by Gasteiger charge is -2.41. The van der Waals surface area contributed by atoms with E-state index >= 15 is 0 Å². The Morgan fingerprint density at radius 3 is 3.05 bits per heavy atom. The molecule has 2 aliphatic heterocycles. The summed E-state index contributed by atoms with van der Waals surface area (Å²) < 4.78 is 12.2. The summed E-state index contributed by atoms with van der Waals surface area (Å²) in [7, 11) is 0. The molecular weight excluding hydrogens is 264 g/mol. The van der Waals surface area contributed by atoms with Gasteiger partial charge in [-0.15, -0.1) is 0 Å². The molecule has 0 aromatic carbocycles. The van der Waals surface area contributed by atoms with Crippen LogP contribution in [0.1, 0.15) is 31.2 Å². The normalized spacial score (nSPS) is 33.0. The van der Waals surface area contributed by atoms with Gasteiger partial charge in [0.05, 0.1) is 12.2 Å². The maximum absolute atomic E-state index is 6.16. The second-order valence-electron chi connectivity index (χ2n) is 6.63. The van der Waals surface area contributed by atoms with Crippen molar-refractivity contribution in [2.45, 2.75) is 50.5 Å². The molecule has 3 heterocycles. The van der Waals surface area contributed by atoms with Crippen LogP contribution in [-0.4, -0.2) is 47.9 Å². The second kappa shape index (κ2) is 6.03. The van der Waals surface area contributed by atoms with E-state index in [4.69, 9.17) is 9.47 Å². The van der Waals surface area contributed by atoms with E-state index < -0.39 is 0 Å². The second-order valence-corrected chi connectivity index (χ2v) is 6.63. The first-order chi connectivity index (χ1) is 10.4. The number of rotatable bonds is 5. The highest BCUT2D eigenvalue weighted by atomic mass is 16.5. The average molecular weight is 288 g/mol. The van der Waals surface area contributed by atoms with Gasteiger partial charge in [0, 0.05) is 44.7 Å². The van der Waals surface area contributed by atoms with Gasteiger partial charge < -0.3 is 9.47 Å². The minimum absolute atomic E-state index is 0.272. The molecule has 0 radical (unpaired) electrons. The van der Waals surface area contributed by atoms with E-state index in [-0.39, 0.29) is 6.10 Å². The fourth-order valence-corrected chi connectivity index (χ4v) is 3.61. The van der Waals surface area contributed by atoms with Gasteiger partial charge in [-0.25, -0.2) is 0 Å². The van der Waals surface area contributed by atoms with E-state index in [0.717, 1.165) is 45.1 Å². The van der Waals surface area contributed by atoms with Crippen LogP contribution in [0.2, 0.25) is 0 Å². The van der Waals surface area contributed by atoms with Crippen LogP contribution in [-0.2, 0) is 16.0 Å². The van der Waals surface area contributed by atoms with Crippen LogP contribution in [0.15, 0.2) is 24.5 Å². The van der Waals surface area contributed by atoms with Crippen LogP contribution in [0.25, 0.3) is 0 Å². The fraction of sp³-hybridized carbons (Fsp3) is 0.706. The average Bonchev–Trinajstić information content (AvgIpc) is 3.21. The van der Waals surface area contributed by atoms with E-state index in [2.05, 4.69) is 16.0 Å². The third-order valence-corrected chi connectivity index (χ3v) is 4.99. The third-order valence-electron chi connectivity index (χ3n) is 4.99. The quantitative estimate of drug-likeness (QED) is 0.832. The van der Waals surface area contributed by atoms with Crippen LogP contribution in [0.5, 0.6) is 0 Å². The first-order valence-electron chi connectivity index (χ1n) is 8.26. The molecule has 0 amide bonds. The zero-order valence-corrected chi connectivity index (χ0v) is 12.5. The Kier molecular flexibility index (Phi) is 3.93. The van der Waals surface area contributed by atoms with Crippen LogP contribution >= 0.6 is 0 Å². The highest BCUT2D eigenvalue weighted by Gasteiger charge is 2.43. The number of likely N-dealkylation sites (tertiary alicyclic amines) is 1. The van der Waals surface area contributed by atoms with E-state index in [1.165, 1.54) is 18.4 Å². The number of nitrogens with zero attached hydrogens (tertiary/aromatic N) is 2. The number of ether oxygens (including phenoxy) is 2. The minimum Gasteiger partial charge on any atom is -0.375 e. The molecule has 3 fully saturated rings. The van der Waals surface area contributed by atoms with Crippen molar-refractivity contribution < 1.29 is 9.47 Å². The number of hydrogen-bond donors (Lipinski definition) is 0. The Balaban J connectivity index is 1.39. The molecule has 0 N–H and O–H groups in total. The molecule has 4 nitrogen and oxygen atoms in total. The van der Waals surface area contributed by atoms with Crippen molar-refractivity contribution in [1.29, 1.82) is 0 Å². The lowest BCUT2D eigenvalue weighted by molar-refractivity contribution is -0.102. The van der Waals surface area contributed by atoms with E-state index in [1.54, 1.807) is 0 Å². The van der Waals surface area contributed by atoms with Gasteiger partial charge in [-0.3, -0.25) is 9.88 Å². The molecule has 1 aliphatic carbocycles. The Morgan fingerprint density at radius 2 is 2.24 bits per heavy atom. The van der Waals surface area contributed by atoms with Gasteiger partial charge in [0.25, 0.3) is 0 Å². The third kappa shape index (κ3) is 3.12. The lowest BCUT2D eigenvalue weighted by Crippen LogP contribution is -2.52. The van der Waals surface area contributed by atoms with Crippen molar-refractivity contribution in [2.75, 3.05) is 19.8 Å². The number of piperidine rings is 1. The van der Waals surface area contributed by atoms with E-state index in [0.29, 0.717) is 12.1 Å². The molecule has 3 aliphatic rings. The Morgan fingerprint density at radius 1 is 1.29 bits per heavy atom. The highest BCUT2D eigenvalue weighted by molar-refractivity contribution is 5.09. The van der Waals surface area contributed by atoms with E-state index in [9.17, 15) is 0 Å². The maximum Gasteiger partial charge on any atom is 0.0992 e. The van der Waals surface area contributed by atoms with Gasteiger partial charge in [0.1, 0.15) is 0 Å². The number of pyridine rings is 1. The zero-order valence-electron chi connectivity index (χ0n) is 12.5. The van der Waals surface area contributed by atoms with Crippen LogP contribution in [0.4, 0.5) is 0 Å². The molecular formula is C17H24N2O2. The Hall–Kier alpha value is -0.970. The zero-order chi connectivity index (χ0) is 14.1. The van der Waals surface area contributed by atoms with Crippen molar-refractivity contribution in [1.82, 2.24) is 9.88 Å². The largest absolute Gasteiger partial charge is 0.375 e. The van der Waals surface area contributed by atoms with Crippen molar-refractivity contribution in [3.05, 3.63) is 30.1 Å². The summed E-state index contributed by atoms with van der Waals surface area (Å²) in [6, 6.07) is 4.69. The molecule has 1 saturated carbocycles. The number of fused-ring (bicyclic) bond motifs is 1. The molecule has 4 rings (SSSR count). The van der Waals surface area contributed by atoms with Crippen molar-refractivity contribution in [3.63, 3.8) is 0 Å². The molecule has 3 atom stereocenters. The Labute approximate surface area is 126 Å². The molecule has 1 aromatic heterocycles. The summed E-state index contributed by atoms with van der Waals surface area (Å²) in [6.07, 6.45) is 9.33. The Bertz CT molecular complexity index is 463. The predicted molar refractivity (Wildman–Crippen MR) is 79.9 cm³/mol. The van der Waals surface area contributed by atoms with Gasteiger partial charge in [-0.05, 0) is 43.2 Å². The SMILES string of the molecule is c1cncc(CN2CC[C@@H](OCC3CC3)[C@H]3OCC[C@@H]32)c1. The van der Waals surface area contributed by atoms with Crippen molar-refractivity contribution in [2.24, 2.45) is 5.92 Å². The topological polar surface area (TPSA) is 34.6 Å². The highest BCUT2D eigenvalue weighted by Crippen LogP contribution is 2.34. The molecule has 0 bridgehead atoms. The summed E-state index contributed by atoms with van der Waals surface area (Å²) in [5.41, 5.74) is 1.29. The van der Waals surface area contributed by atoms with Gasteiger partial charge in [0.2, 0.25) is 0 Å². The first kappa shape index (κ1) is 13.7. The summed E-state index contributed by atoms with van der Waals surface area (Å²) in [4.78, 5) is 6.78. The van der Waals surface area contributed by atoms with Gasteiger partial charge in [0.15, 0.2) is 0 Å². The molecule has 114 valence electrons. The molecule has 21 heavy (non-hydrogen) atoms. The summed E-state index contributed by atoms with van der Waals surface area (Å²) in [6.45, 7) is 3.91. The fourth-order valence-electron chi connectivity index (χ4n) is 3.61. The van der Waals surface area contributed by atoms with Crippen molar-refractivity contribution >= 4 is 0 Å². The molecule has 0 unspecified atom stereocenters. The summed E-state index contributed by atoms with van der Waals surface area (Å²) in [5.74, 6) is 0.832. The molecule has 1 aromatic rings. The molecule has 4 heteroatoms. The monoisotopic (exact) mass is 288 g/mol. The minimum atomic E-state index is 0.272. The first-order valence-corrected chi connectivity index (χ1v) is 8.26. The predicted octanol–water partition coefficient (Wildman–Crippen LogP) is 2.24. The van der Waals surface area contributed by atoms with Crippen LogP contribution in [0, 0.1) is 5.92 Å². The smallest absolute Gasteiger partial charge is 0.0992 e.